The molecule has 13 nitrogen and oxygen atoms in total. The molecule has 0 radical (unpaired) electrons. The average Bonchev–Trinajstić information content (AvgIpc) is 2.97. The third-order valence-electron chi connectivity index (χ3n) is 9.69. The van der Waals surface area contributed by atoms with E-state index < -0.39 is 89.7 Å². The highest BCUT2D eigenvalue weighted by Crippen LogP contribution is 2.38. The number of nitrogens with one attached hydrogen (secondary N) is 1. The Morgan fingerprint density at radius 1 is 1.09 bits per heavy atom. The van der Waals surface area contributed by atoms with Crippen molar-refractivity contribution in [2.45, 2.75) is 155 Å². The van der Waals surface area contributed by atoms with Crippen molar-refractivity contribution in [3.05, 3.63) is 0 Å². The predicted octanol–water partition coefficient (Wildman–Crippen LogP) is 1.77. The normalized spacial score (nSPS) is 43.7. The summed E-state index contributed by atoms with van der Waals surface area (Å²) in [7, 11) is 3.76. The summed E-state index contributed by atoms with van der Waals surface area (Å²) in [6.45, 7) is 16.5. The molecule has 4 N–H and O–H groups in total. The first-order chi connectivity index (χ1) is 21.2. The number of carbonyl (C=O) groups is 3. The predicted molar refractivity (Wildman–Crippen MR) is 169 cm³/mol. The molecule has 2 aliphatic heterocycles. The molecular formula is C33H60N2O11. The van der Waals surface area contributed by atoms with E-state index >= 15 is 0 Å². The van der Waals surface area contributed by atoms with Gasteiger partial charge in [-0.1, -0.05) is 20.8 Å². The van der Waals surface area contributed by atoms with Crippen molar-refractivity contribution in [1.29, 1.82) is 0 Å². The Morgan fingerprint density at radius 2 is 1.70 bits per heavy atom. The van der Waals surface area contributed by atoms with Gasteiger partial charge in [0.05, 0.1) is 41.9 Å². The summed E-state index contributed by atoms with van der Waals surface area (Å²) in [6, 6.07) is -1.15. The smallest absolute Gasteiger partial charge is 0.311 e. The number of esters is 2. The Morgan fingerprint density at radius 3 is 2.24 bits per heavy atom. The molecule has 0 bridgehead atoms. The molecule has 13 heteroatoms. The van der Waals surface area contributed by atoms with Crippen molar-refractivity contribution in [2.24, 2.45) is 17.8 Å². The number of aliphatic hydroxyl groups is 3. The largest absolute Gasteiger partial charge is 0.459 e. The molecule has 0 aromatic carbocycles. The van der Waals surface area contributed by atoms with Gasteiger partial charge in [-0.2, -0.15) is 0 Å². The first-order valence-electron chi connectivity index (χ1n) is 16.6. The molecular weight excluding hydrogens is 600 g/mol. The fourth-order valence-electron chi connectivity index (χ4n) is 6.59. The maximum atomic E-state index is 13.5. The number of hydrogen-bond acceptors (Lipinski definition) is 12. The molecule has 14 atom stereocenters. The molecule has 0 aromatic rings. The third kappa shape index (κ3) is 9.61. The van der Waals surface area contributed by atoms with Crippen molar-refractivity contribution >= 4 is 17.8 Å². The van der Waals surface area contributed by atoms with Crippen LogP contribution < -0.4 is 5.32 Å². The van der Waals surface area contributed by atoms with Gasteiger partial charge in [-0.15, -0.1) is 0 Å². The lowest BCUT2D eigenvalue weighted by Gasteiger charge is -2.48. The molecule has 0 spiro atoms. The van der Waals surface area contributed by atoms with Crippen LogP contribution in [0.4, 0.5) is 0 Å². The van der Waals surface area contributed by atoms with Gasteiger partial charge < -0.3 is 49.2 Å². The van der Waals surface area contributed by atoms with E-state index in [1.54, 1.807) is 27.7 Å². The number of aliphatic hydroxyl groups excluding tert-OH is 2. The fourth-order valence-corrected chi connectivity index (χ4v) is 6.59. The first-order valence-corrected chi connectivity index (χ1v) is 16.6. The lowest BCUT2D eigenvalue weighted by molar-refractivity contribution is -0.305. The minimum absolute atomic E-state index is 0.118. The third-order valence-corrected chi connectivity index (χ3v) is 9.69. The SMILES string of the molecule is CCCO[C@]1(C)C[C@@H](C)C(=O)N[C@H](C)[C@@H](O)[C@](C)(O)[C@@H](C)OC(=O)[C@H](C)[C@@H](O)[C@H](C)[C@H]1O[C@@H]1O[C@H](C)C[C@H](N(C)C)[C@H]1OC(C)=O. The zero-order valence-electron chi connectivity index (χ0n) is 29.8. The van der Waals surface area contributed by atoms with Crippen LogP contribution in [-0.2, 0) is 38.1 Å². The highest BCUT2D eigenvalue weighted by molar-refractivity contribution is 5.78. The zero-order valence-corrected chi connectivity index (χ0v) is 29.8. The maximum Gasteiger partial charge on any atom is 0.311 e. The van der Waals surface area contributed by atoms with Crippen LogP contribution in [0.1, 0.15) is 88.5 Å². The fraction of sp³-hybridized carbons (Fsp3) is 0.909. The molecule has 2 heterocycles. The number of hydrogen-bond donors (Lipinski definition) is 4. The van der Waals surface area contributed by atoms with E-state index in [9.17, 15) is 29.7 Å². The summed E-state index contributed by atoms with van der Waals surface area (Å²) in [6.07, 6.45) is -5.81. The molecule has 2 fully saturated rings. The van der Waals surface area contributed by atoms with E-state index in [0.717, 1.165) is 0 Å². The summed E-state index contributed by atoms with van der Waals surface area (Å²) in [5, 5.41) is 36.7. The molecule has 0 unspecified atom stereocenters. The number of carbonyl (C=O) groups excluding carboxylic acids is 3. The van der Waals surface area contributed by atoms with E-state index in [2.05, 4.69) is 5.32 Å². The van der Waals surface area contributed by atoms with Gasteiger partial charge in [0.15, 0.2) is 12.4 Å². The van der Waals surface area contributed by atoms with E-state index in [1.165, 1.54) is 27.7 Å². The monoisotopic (exact) mass is 660 g/mol. The molecule has 0 aromatic heterocycles. The standard InChI is InChI=1S/C33H60N2O11/c1-13-14-42-32(9)16-17(2)29(39)34-21(6)27(38)33(10,41)22(7)44-30(40)20(5)25(37)19(4)28(32)46-31-26(45-23(8)36)24(35(11)12)15-18(3)43-31/h17-22,24-28,31,37-38,41H,13-16H2,1-12H3,(H,34,39)/t17-,18-,19+,20-,21-,22-,24+,25+,26-,27-,28-,31+,32-,33-/m1/s1. The van der Waals surface area contributed by atoms with Crippen LogP contribution in [0, 0.1) is 17.8 Å². The Labute approximate surface area is 274 Å². The Balaban J connectivity index is 2.70. The second-order valence-corrected chi connectivity index (χ2v) is 14.2. The Bertz CT molecular complexity index is 1030. The molecule has 2 rings (SSSR count). The van der Waals surface area contributed by atoms with Crippen molar-refractivity contribution in [2.75, 3.05) is 20.7 Å². The molecule has 2 aliphatic rings. The number of amides is 1. The number of likely N-dealkylation sites (N-methyl/N-ethyl adjacent to an activating group) is 1. The lowest BCUT2D eigenvalue weighted by Crippen LogP contribution is -2.60. The molecule has 2 saturated heterocycles. The second kappa shape index (κ2) is 16.5. The lowest BCUT2D eigenvalue weighted by atomic mass is 9.77. The van der Waals surface area contributed by atoms with Gasteiger partial charge in [-0.3, -0.25) is 14.4 Å². The highest BCUT2D eigenvalue weighted by atomic mass is 16.7. The van der Waals surface area contributed by atoms with Crippen LogP contribution in [0.5, 0.6) is 0 Å². The number of rotatable bonds is 7. The van der Waals surface area contributed by atoms with Crippen molar-refractivity contribution < 1.29 is 53.4 Å². The van der Waals surface area contributed by atoms with Crippen LogP contribution in [-0.4, -0.2) is 125 Å². The van der Waals surface area contributed by atoms with Crippen LogP contribution in [0.2, 0.25) is 0 Å². The quantitative estimate of drug-likeness (QED) is 0.292. The molecule has 0 aliphatic carbocycles. The van der Waals surface area contributed by atoms with Gasteiger partial charge in [0, 0.05) is 25.4 Å². The van der Waals surface area contributed by atoms with E-state index in [-0.39, 0.29) is 18.6 Å². The van der Waals surface area contributed by atoms with Gasteiger partial charge in [0.25, 0.3) is 0 Å². The van der Waals surface area contributed by atoms with Gasteiger partial charge in [0.1, 0.15) is 17.8 Å². The summed E-state index contributed by atoms with van der Waals surface area (Å²) in [5.41, 5.74) is -3.15. The minimum atomic E-state index is -1.92. The van der Waals surface area contributed by atoms with Crippen molar-refractivity contribution in [3.8, 4) is 0 Å². The molecule has 46 heavy (non-hydrogen) atoms. The Hall–Kier alpha value is -1.87. The minimum Gasteiger partial charge on any atom is -0.459 e. The average molecular weight is 661 g/mol. The second-order valence-electron chi connectivity index (χ2n) is 14.2. The first kappa shape index (κ1) is 40.3. The van der Waals surface area contributed by atoms with Crippen LogP contribution >= 0.6 is 0 Å². The Kier molecular flexibility index (Phi) is 14.5. The van der Waals surface area contributed by atoms with E-state index in [0.29, 0.717) is 19.4 Å². The van der Waals surface area contributed by atoms with Crippen molar-refractivity contribution in [1.82, 2.24) is 10.2 Å². The highest BCUT2D eigenvalue weighted by Gasteiger charge is 2.51. The van der Waals surface area contributed by atoms with Gasteiger partial charge in [-0.25, -0.2) is 0 Å². The van der Waals surface area contributed by atoms with Crippen LogP contribution in [0.3, 0.4) is 0 Å². The summed E-state index contributed by atoms with van der Waals surface area (Å²) < 4.78 is 30.8. The van der Waals surface area contributed by atoms with E-state index in [4.69, 9.17) is 23.7 Å². The summed E-state index contributed by atoms with van der Waals surface area (Å²) >= 11 is 0. The summed E-state index contributed by atoms with van der Waals surface area (Å²) in [5.74, 6) is -4.27. The zero-order chi connectivity index (χ0) is 35.3. The van der Waals surface area contributed by atoms with Gasteiger partial charge in [-0.05, 0) is 74.9 Å². The molecule has 268 valence electrons. The summed E-state index contributed by atoms with van der Waals surface area (Å²) in [4.78, 5) is 41.1. The van der Waals surface area contributed by atoms with E-state index in [1.807, 2.05) is 32.8 Å². The van der Waals surface area contributed by atoms with Crippen molar-refractivity contribution in [3.63, 3.8) is 0 Å². The molecule has 0 saturated carbocycles. The van der Waals surface area contributed by atoms with Crippen LogP contribution in [0.15, 0.2) is 0 Å². The van der Waals surface area contributed by atoms with Crippen LogP contribution in [0.25, 0.3) is 0 Å². The molecule has 1 amide bonds. The number of cyclic esters (lactones) is 1. The van der Waals surface area contributed by atoms with Gasteiger partial charge >= 0.3 is 11.9 Å². The topological polar surface area (TPSA) is 173 Å². The maximum absolute atomic E-state index is 13.5. The van der Waals surface area contributed by atoms with Gasteiger partial charge in [0.2, 0.25) is 5.91 Å². The number of ether oxygens (including phenoxy) is 5. The number of nitrogens with zero attached hydrogens (tertiary/aromatic N) is 1.